The summed E-state index contributed by atoms with van der Waals surface area (Å²) < 4.78 is 55.0. The molecule has 4 nitrogen and oxygen atoms in total. The third-order valence-electron chi connectivity index (χ3n) is 5.45. The van der Waals surface area contributed by atoms with Gasteiger partial charge in [-0.25, -0.2) is 21.9 Å². The molecule has 0 amide bonds. The van der Waals surface area contributed by atoms with Gasteiger partial charge in [0, 0.05) is 17.7 Å². The van der Waals surface area contributed by atoms with E-state index in [1.54, 1.807) is 13.8 Å². The second-order valence-corrected chi connectivity index (χ2v) is 9.69. The van der Waals surface area contributed by atoms with Gasteiger partial charge in [-0.2, -0.15) is 0 Å². The number of benzene rings is 2. The summed E-state index contributed by atoms with van der Waals surface area (Å²) in [6.45, 7) is 3.57. The van der Waals surface area contributed by atoms with Crippen LogP contribution in [0, 0.1) is 17.6 Å². The number of rotatable bonds is 5. The van der Waals surface area contributed by atoms with Crippen molar-refractivity contribution in [2.24, 2.45) is 5.92 Å². The van der Waals surface area contributed by atoms with Crippen LogP contribution in [0.2, 0.25) is 0 Å². The molecule has 1 fully saturated rings. The van der Waals surface area contributed by atoms with Gasteiger partial charge in [-0.05, 0) is 75.3 Å². The minimum absolute atomic E-state index is 0.100. The molecule has 2 aromatic carbocycles. The van der Waals surface area contributed by atoms with Crippen LogP contribution in [0.4, 0.5) is 8.78 Å². The number of aliphatic hydroxyl groups is 1. The topological polar surface area (TPSA) is 66.4 Å². The molecule has 1 aliphatic rings. The summed E-state index contributed by atoms with van der Waals surface area (Å²) >= 11 is 0. The average Bonchev–Trinajstić information content (AvgIpc) is 2.61. The molecule has 2 N–H and O–H groups in total. The van der Waals surface area contributed by atoms with Crippen molar-refractivity contribution in [3.05, 3.63) is 54.1 Å². The molecule has 7 heteroatoms. The van der Waals surface area contributed by atoms with Crippen LogP contribution in [0.3, 0.4) is 0 Å². The standard InChI is InChI=1S/C21H25F2NO3S/c1-21(2,25)15-5-8-17(9-6-15)24-28(26,27)18-10-3-14(4-11-18)19-12-7-16(22)13-20(19)23/h3-4,7,10-13,15,17,24-25H,5-6,8-9H2,1-2H3/t15-,17-. The largest absolute Gasteiger partial charge is 0.390 e. The molecule has 3 rings (SSSR count). The molecule has 0 atom stereocenters. The van der Waals surface area contributed by atoms with E-state index >= 15 is 0 Å². The van der Waals surface area contributed by atoms with E-state index in [2.05, 4.69) is 4.72 Å². The van der Waals surface area contributed by atoms with Crippen LogP contribution in [-0.4, -0.2) is 25.2 Å². The maximum Gasteiger partial charge on any atom is 0.240 e. The number of nitrogens with one attached hydrogen (secondary N) is 1. The normalized spacial score (nSPS) is 20.9. The van der Waals surface area contributed by atoms with Crippen LogP contribution in [0.5, 0.6) is 0 Å². The second-order valence-electron chi connectivity index (χ2n) is 7.97. The van der Waals surface area contributed by atoms with Crippen molar-refractivity contribution in [3.8, 4) is 11.1 Å². The highest BCUT2D eigenvalue weighted by Crippen LogP contribution is 2.33. The Hall–Kier alpha value is -1.83. The highest BCUT2D eigenvalue weighted by Gasteiger charge is 2.32. The number of sulfonamides is 1. The van der Waals surface area contributed by atoms with Gasteiger partial charge in [-0.3, -0.25) is 0 Å². The van der Waals surface area contributed by atoms with Crippen LogP contribution in [0.1, 0.15) is 39.5 Å². The van der Waals surface area contributed by atoms with Gasteiger partial charge >= 0.3 is 0 Å². The maximum absolute atomic E-state index is 13.9. The van der Waals surface area contributed by atoms with Gasteiger partial charge in [-0.1, -0.05) is 12.1 Å². The zero-order valence-corrected chi connectivity index (χ0v) is 16.8. The third kappa shape index (κ3) is 4.77. The first-order valence-electron chi connectivity index (χ1n) is 9.36. The molecule has 2 aromatic rings. The van der Waals surface area contributed by atoms with Gasteiger partial charge in [-0.15, -0.1) is 0 Å². The summed E-state index contributed by atoms with van der Waals surface area (Å²) in [7, 11) is -3.69. The van der Waals surface area contributed by atoms with Crippen molar-refractivity contribution < 1.29 is 22.3 Å². The lowest BCUT2D eigenvalue weighted by atomic mass is 9.77. The summed E-state index contributed by atoms with van der Waals surface area (Å²) in [6.07, 6.45) is 2.87. The van der Waals surface area contributed by atoms with Gasteiger partial charge in [0.2, 0.25) is 10.0 Å². The molecule has 0 aromatic heterocycles. The zero-order chi connectivity index (χ0) is 20.5. The van der Waals surface area contributed by atoms with Crippen molar-refractivity contribution in [2.45, 2.75) is 56.1 Å². The summed E-state index contributed by atoms with van der Waals surface area (Å²) in [5.41, 5.74) is -0.0691. The molecule has 0 aliphatic heterocycles. The van der Waals surface area contributed by atoms with E-state index in [1.165, 1.54) is 30.3 Å². The third-order valence-corrected chi connectivity index (χ3v) is 6.99. The first-order chi connectivity index (χ1) is 13.1. The Labute approximate surface area is 164 Å². The van der Waals surface area contributed by atoms with E-state index in [-0.39, 0.29) is 22.4 Å². The van der Waals surface area contributed by atoms with Gasteiger partial charge in [0.05, 0.1) is 10.5 Å². The van der Waals surface area contributed by atoms with E-state index in [4.69, 9.17) is 0 Å². The van der Waals surface area contributed by atoms with Crippen LogP contribution >= 0.6 is 0 Å². The highest BCUT2D eigenvalue weighted by atomic mass is 32.2. The quantitative estimate of drug-likeness (QED) is 0.776. The summed E-state index contributed by atoms with van der Waals surface area (Å²) in [5, 5.41) is 10.1. The SMILES string of the molecule is CC(C)(O)[C@H]1CC[C@H](NS(=O)(=O)c2ccc(-c3ccc(F)cc3F)cc2)CC1. The molecule has 0 spiro atoms. The Kier molecular flexibility index (Phi) is 5.89. The van der Waals surface area contributed by atoms with Crippen LogP contribution in [0.15, 0.2) is 47.4 Å². The molecule has 1 saturated carbocycles. The van der Waals surface area contributed by atoms with Crippen molar-refractivity contribution >= 4 is 10.0 Å². The lowest BCUT2D eigenvalue weighted by molar-refractivity contribution is -0.00182. The van der Waals surface area contributed by atoms with Gasteiger partial charge in [0.25, 0.3) is 0 Å². The Morgan fingerprint density at radius 2 is 1.61 bits per heavy atom. The second kappa shape index (κ2) is 7.89. The van der Waals surface area contributed by atoms with Gasteiger partial charge < -0.3 is 5.11 Å². The summed E-state index contributed by atoms with van der Waals surface area (Å²) in [5.74, 6) is -1.20. The fourth-order valence-corrected chi connectivity index (χ4v) is 5.05. The molecule has 0 bridgehead atoms. The number of hydrogen-bond donors (Lipinski definition) is 2. The summed E-state index contributed by atoms with van der Waals surface area (Å²) in [4.78, 5) is 0.100. The van der Waals surface area contributed by atoms with Crippen LogP contribution < -0.4 is 4.72 Å². The van der Waals surface area contributed by atoms with E-state index in [1.807, 2.05) is 0 Å². The van der Waals surface area contributed by atoms with Gasteiger partial charge in [0.1, 0.15) is 11.6 Å². The Bertz CT molecular complexity index is 929. The molecule has 0 heterocycles. The van der Waals surface area contributed by atoms with Crippen molar-refractivity contribution in [1.29, 1.82) is 0 Å². The van der Waals surface area contributed by atoms with Crippen molar-refractivity contribution in [3.63, 3.8) is 0 Å². The number of hydrogen-bond acceptors (Lipinski definition) is 3. The molecule has 0 radical (unpaired) electrons. The van der Waals surface area contributed by atoms with Crippen molar-refractivity contribution in [2.75, 3.05) is 0 Å². The van der Waals surface area contributed by atoms with Crippen LogP contribution in [0.25, 0.3) is 11.1 Å². The molecule has 0 unspecified atom stereocenters. The highest BCUT2D eigenvalue weighted by molar-refractivity contribution is 7.89. The minimum atomic E-state index is -3.69. The predicted octanol–water partition coefficient (Wildman–Crippen LogP) is 4.24. The van der Waals surface area contributed by atoms with E-state index in [9.17, 15) is 22.3 Å². The Balaban J connectivity index is 1.69. The molecule has 0 saturated heterocycles. The summed E-state index contributed by atoms with van der Waals surface area (Å²) in [6, 6.07) is 8.98. The zero-order valence-electron chi connectivity index (χ0n) is 16.0. The van der Waals surface area contributed by atoms with E-state index < -0.39 is 27.3 Å². The smallest absolute Gasteiger partial charge is 0.240 e. The fraction of sp³-hybridized carbons (Fsp3) is 0.429. The van der Waals surface area contributed by atoms with E-state index in [0.29, 0.717) is 18.4 Å². The lowest BCUT2D eigenvalue weighted by Gasteiger charge is -2.35. The molecule has 1 aliphatic carbocycles. The average molecular weight is 409 g/mol. The van der Waals surface area contributed by atoms with Gasteiger partial charge in [0.15, 0.2) is 0 Å². The minimum Gasteiger partial charge on any atom is -0.390 e. The molecular weight excluding hydrogens is 384 g/mol. The predicted molar refractivity (Wildman–Crippen MR) is 104 cm³/mol. The molecule has 152 valence electrons. The Morgan fingerprint density at radius 3 is 2.14 bits per heavy atom. The Morgan fingerprint density at radius 1 is 1.00 bits per heavy atom. The lowest BCUT2D eigenvalue weighted by Crippen LogP contribution is -2.41. The fourth-order valence-electron chi connectivity index (χ4n) is 3.74. The van der Waals surface area contributed by atoms with E-state index in [0.717, 1.165) is 25.0 Å². The monoisotopic (exact) mass is 409 g/mol. The number of halogens is 2. The molecule has 28 heavy (non-hydrogen) atoms. The van der Waals surface area contributed by atoms with Crippen LogP contribution in [-0.2, 0) is 10.0 Å². The maximum atomic E-state index is 13.9. The first-order valence-corrected chi connectivity index (χ1v) is 10.8. The van der Waals surface area contributed by atoms with Crippen molar-refractivity contribution in [1.82, 2.24) is 4.72 Å². The molecular formula is C21H25F2NO3S. The first kappa shape index (κ1) is 20.9.